The molecular weight excluding hydrogens is 388 g/mol. The van der Waals surface area contributed by atoms with E-state index in [4.69, 9.17) is 10.5 Å². The maximum Gasteiger partial charge on any atom is 0.254 e. The van der Waals surface area contributed by atoms with Gasteiger partial charge in [0.25, 0.3) is 5.91 Å². The first-order valence-electron chi connectivity index (χ1n) is 11.2. The number of carbonyl (C=O) groups is 1. The van der Waals surface area contributed by atoms with Crippen LogP contribution in [0, 0.1) is 27.7 Å². The molecule has 0 bridgehead atoms. The minimum atomic E-state index is 0.0396. The van der Waals surface area contributed by atoms with E-state index in [1.54, 1.807) is 0 Å². The summed E-state index contributed by atoms with van der Waals surface area (Å²) in [5.41, 5.74) is 11.4. The van der Waals surface area contributed by atoms with Crippen molar-refractivity contribution >= 4 is 5.91 Å². The van der Waals surface area contributed by atoms with Crippen LogP contribution in [0.3, 0.4) is 0 Å². The van der Waals surface area contributed by atoms with Crippen LogP contribution in [0.25, 0.3) is 0 Å². The highest BCUT2D eigenvalue weighted by Crippen LogP contribution is 2.35. The fourth-order valence-corrected chi connectivity index (χ4v) is 4.19. The van der Waals surface area contributed by atoms with E-state index in [1.165, 1.54) is 0 Å². The first-order valence-corrected chi connectivity index (χ1v) is 11.2. The van der Waals surface area contributed by atoms with Gasteiger partial charge >= 0.3 is 0 Å². The number of hydrogen-bond acceptors (Lipinski definition) is 5. The van der Waals surface area contributed by atoms with Crippen LogP contribution in [0.1, 0.15) is 58.7 Å². The van der Waals surface area contributed by atoms with Gasteiger partial charge < -0.3 is 15.4 Å². The molecular formula is C25H36N4O2. The summed E-state index contributed by atoms with van der Waals surface area (Å²) in [5.74, 6) is 1.41. The molecule has 1 aromatic carbocycles. The van der Waals surface area contributed by atoms with Gasteiger partial charge in [-0.25, -0.2) is 0 Å². The van der Waals surface area contributed by atoms with E-state index in [2.05, 4.69) is 23.7 Å². The second kappa shape index (κ2) is 9.79. The standard InChI is InChI=1S/C25H36N4O2/c1-16(2)28-10-7-11-29(13-12-28)25(30)21-14-17(3)19(5)24(22(21)15-26)31-23-9-8-18(4)27-20(23)6/h8-9,14,16H,7,10-13,15,26H2,1-6H3. The van der Waals surface area contributed by atoms with Crippen LogP contribution in [0.4, 0.5) is 0 Å². The molecule has 1 fully saturated rings. The van der Waals surface area contributed by atoms with Crippen molar-refractivity contribution in [2.75, 3.05) is 26.2 Å². The first kappa shape index (κ1) is 23.2. The Kier molecular flexibility index (Phi) is 7.34. The number of carbonyl (C=O) groups excluding carboxylic acids is 1. The number of nitrogens with zero attached hydrogens (tertiary/aromatic N) is 3. The van der Waals surface area contributed by atoms with Gasteiger partial charge in [0, 0.05) is 55.6 Å². The number of aromatic nitrogens is 1. The van der Waals surface area contributed by atoms with Crippen molar-refractivity contribution < 1.29 is 9.53 Å². The molecule has 3 rings (SSSR count). The van der Waals surface area contributed by atoms with Crippen LogP contribution in [0.2, 0.25) is 0 Å². The Morgan fingerprint density at radius 1 is 1.13 bits per heavy atom. The summed E-state index contributed by atoms with van der Waals surface area (Å²) in [6.45, 7) is 16.0. The second-order valence-corrected chi connectivity index (χ2v) is 8.79. The third-order valence-electron chi connectivity index (χ3n) is 6.26. The Morgan fingerprint density at radius 2 is 1.87 bits per heavy atom. The number of aryl methyl sites for hydroxylation is 3. The Bertz CT molecular complexity index is 955. The lowest BCUT2D eigenvalue weighted by Gasteiger charge is -2.26. The average Bonchev–Trinajstić information content (AvgIpc) is 2.99. The summed E-state index contributed by atoms with van der Waals surface area (Å²) >= 11 is 0. The lowest BCUT2D eigenvalue weighted by atomic mass is 9.97. The number of benzene rings is 1. The zero-order chi connectivity index (χ0) is 22.7. The summed E-state index contributed by atoms with van der Waals surface area (Å²) in [5, 5.41) is 0. The molecule has 1 amide bonds. The quantitative estimate of drug-likeness (QED) is 0.782. The minimum absolute atomic E-state index is 0.0396. The van der Waals surface area contributed by atoms with Crippen LogP contribution in [-0.4, -0.2) is 52.9 Å². The zero-order valence-corrected chi connectivity index (χ0v) is 19.8. The SMILES string of the molecule is Cc1ccc(Oc2c(C)c(C)cc(C(=O)N3CCCN(C(C)C)CC3)c2CN)c(C)n1. The van der Waals surface area contributed by atoms with Crippen molar-refractivity contribution in [1.82, 2.24) is 14.8 Å². The van der Waals surface area contributed by atoms with Gasteiger partial charge in [-0.15, -0.1) is 0 Å². The molecule has 1 aromatic heterocycles. The summed E-state index contributed by atoms with van der Waals surface area (Å²) in [6.07, 6.45) is 0.976. The van der Waals surface area contributed by atoms with E-state index in [1.807, 2.05) is 50.8 Å². The fourth-order valence-electron chi connectivity index (χ4n) is 4.19. The van der Waals surface area contributed by atoms with Gasteiger partial charge in [-0.2, -0.15) is 0 Å². The molecule has 2 heterocycles. The van der Waals surface area contributed by atoms with Crippen LogP contribution < -0.4 is 10.5 Å². The largest absolute Gasteiger partial charge is 0.455 e. The number of ether oxygens (including phenoxy) is 1. The van der Waals surface area contributed by atoms with E-state index in [0.29, 0.717) is 23.1 Å². The lowest BCUT2D eigenvalue weighted by molar-refractivity contribution is 0.0757. The summed E-state index contributed by atoms with van der Waals surface area (Å²) in [7, 11) is 0. The predicted octanol–water partition coefficient (Wildman–Crippen LogP) is 4.12. The summed E-state index contributed by atoms with van der Waals surface area (Å²) in [6, 6.07) is 6.32. The second-order valence-electron chi connectivity index (χ2n) is 8.79. The molecule has 0 radical (unpaired) electrons. The van der Waals surface area contributed by atoms with Crippen molar-refractivity contribution in [2.24, 2.45) is 5.73 Å². The van der Waals surface area contributed by atoms with E-state index in [0.717, 1.165) is 60.7 Å². The summed E-state index contributed by atoms with van der Waals surface area (Å²) in [4.78, 5) is 22.5. The Hall–Kier alpha value is -2.44. The fraction of sp³-hybridized carbons (Fsp3) is 0.520. The highest BCUT2D eigenvalue weighted by Gasteiger charge is 2.26. The molecule has 31 heavy (non-hydrogen) atoms. The number of amides is 1. The predicted molar refractivity (Wildman–Crippen MR) is 125 cm³/mol. The number of nitrogens with two attached hydrogens (primary N) is 1. The third kappa shape index (κ3) is 5.08. The highest BCUT2D eigenvalue weighted by atomic mass is 16.5. The first-order chi connectivity index (χ1) is 14.7. The zero-order valence-electron chi connectivity index (χ0n) is 19.8. The molecule has 0 unspecified atom stereocenters. The van der Waals surface area contributed by atoms with Crippen LogP contribution >= 0.6 is 0 Å². The van der Waals surface area contributed by atoms with Gasteiger partial charge in [-0.1, -0.05) is 0 Å². The molecule has 0 atom stereocenters. The van der Waals surface area contributed by atoms with Gasteiger partial charge in [0.2, 0.25) is 0 Å². The van der Waals surface area contributed by atoms with E-state index in [9.17, 15) is 4.79 Å². The molecule has 1 aliphatic rings. The van der Waals surface area contributed by atoms with Crippen LogP contribution in [0.5, 0.6) is 11.5 Å². The van der Waals surface area contributed by atoms with E-state index >= 15 is 0 Å². The molecule has 1 aliphatic heterocycles. The molecule has 0 aliphatic carbocycles. The van der Waals surface area contributed by atoms with Gasteiger partial charge in [0.05, 0.1) is 5.69 Å². The normalized spacial score (nSPS) is 15.3. The van der Waals surface area contributed by atoms with Gasteiger partial charge in [0.15, 0.2) is 0 Å². The third-order valence-corrected chi connectivity index (χ3v) is 6.26. The van der Waals surface area contributed by atoms with Crippen LogP contribution in [0.15, 0.2) is 18.2 Å². The van der Waals surface area contributed by atoms with Crippen molar-refractivity contribution in [3.05, 3.63) is 51.8 Å². The van der Waals surface area contributed by atoms with Crippen molar-refractivity contribution in [1.29, 1.82) is 0 Å². The molecule has 0 saturated carbocycles. The number of hydrogen-bond donors (Lipinski definition) is 1. The van der Waals surface area contributed by atoms with Gasteiger partial charge in [-0.05, 0) is 77.3 Å². The molecule has 168 valence electrons. The van der Waals surface area contributed by atoms with Gasteiger partial charge in [-0.3, -0.25) is 14.7 Å². The smallest absolute Gasteiger partial charge is 0.254 e. The Morgan fingerprint density at radius 3 is 2.52 bits per heavy atom. The maximum atomic E-state index is 13.6. The molecule has 0 spiro atoms. The minimum Gasteiger partial charge on any atom is -0.455 e. The van der Waals surface area contributed by atoms with Crippen LogP contribution in [-0.2, 0) is 6.54 Å². The summed E-state index contributed by atoms with van der Waals surface area (Å²) < 4.78 is 6.33. The maximum absolute atomic E-state index is 13.6. The number of pyridine rings is 1. The van der Waals surface area contributed by atoms with E-state index < -0.39 is 0 Å². The van der Waals surface area contributed by atoms with Crippen molar-refractivity contribution in [3.63, 3.8) is 0 Å². The van der Waals surface area contributed by atoms with Crippen molar-refractivity contribution in [3.8, 4) is 11.5 Å². The monoisotopic (exact) mass is 424 g/mol. The lowest BCUT2D eigenvalue weighted by Crippen LogP contribution is -2.37. The Labute approximate surface area is 186 Å². The van der Waals surface area contributed by atoms with Gasteiger partial charge in [0.1, 0.15) is 11.5 Å². The molecule has 1 saturated heterocycles. The van der Waals surface area contributed by atoms with E-state index in [-0.39, 0.29) is 12.5 Å². The molecule has 2 N–H and O–H groups in total. The van der Waals surface area contributed by atoms with Crippen molar-refractivity contribution in [2.45, 2.75) is 60.5 Å². The molecule has 6 heteroatoms. The highest BCUT2D eigenvalue weighted by molar-refractivity contribution is 5.97. The Balaban J connectivity index is 1.96. The average molecular weight is 425 g/mol. The molecule has 2 aromatic rings. The number of rotatable bonds is 5. The topological polar surface area (TPSA) is 71.7 Å². The molecule has 6 nitrogen and oxygen atoms in total.